The van der Waals surface area contributed by atoms with E-state index in [4.69, 9.17) is 0 Å². The molecule has 0 unspecified atom stereocenters. The zero-order valence-corrected chi connectivity index (χ0v) is 12.8. The van der Waals surface area contributed by atoms with E-state index in [-0.39, 0.29) is 5.91 Å². The molecule has 2 heterocycles. The molecule has 0 saturated carbocycles. The minimum absolute atomic E-state index is 0.149. The summed E-state index contributed by atoms with van der Waals surface area (Å²) in [6.45, 7) is 0. The predicted molar refractivity (Wildman–Crippen MR) is 91.5 cm³/mol. The van der Waals surface area contributed by atoms with Crippen LogP contribution in [0.4, 0.5) is 5.69 Å². The maximum Gasteiger partial charge on any atom is 0.253 e. The molecule has 0 aliphatic carbocycles. The maximum absolute atomic E-state index is 12.9. The van der Waals surface area contributed by atoms with Crippen molar-refractivity contribution in [3.63, 3.8) is 0 Å². The summed E-state index contributed by atoms with van der Waals surface area (Å²) in [7, 11) is 0. The molecule has 6 nitrogen and oxygen atoms in total. The first-order valence-corrected chi connectivity index (χ1v) is 7.59. The highest BCUT2D eigenvalue weighted by Crippen LogP contribution is 2.22. The molecule has 1 amide bonds. The maximum atomic E-state index is 12.9. The number of amides is 1. The number of carbonyl (C=O) groups is 1. The van der Waals surface area contributed by atoms with Gasteiger partial charge in [-0.05, 0) is 29.8 Å². The number of fused-ring (bicyclic) bond motifs is 1. The van der Waals surface area contributed by atoms with Crippen LogP contribution >= 0.6 is 0 Å². The number of benzene rings is 2. The van der Waals surface area contributed by atoms with Crippen molar-refractivity contribution in [3.05, 3.63) is 78.8 Å². The standard InChI is InChI=1S/C18H15N5O/c24-18(21-15-8-7-14-12-19-22-16(14)11-15)17(23-10-4-9-20-23)13-5-2-1-3-6-13/h1-12,17H,(H,19,22)(H,21,24)/t17-/m1/s1. The molecular formula is C18H15N5O. The number of nitrogens with zero attached hydrogens (tertiary/aromatic N) is 3. The van der Waals surface area contributed by atoms with Crippen molar-refractivity contribution < 1.29 is 4.79 Å². The number of rotatable bonds is 4. The molecule has 4 aromatic rings. The van der Waals surface area contributed by atoms with Gasteiger partial charge in [-0.3, -0.25) is 14.6 Å². The van der Waals surface area contributed by atoms with Crippen molar-refractivity contribution in [2.45, 2.75) is 6.04 Å². The van der Waals surface area contributed by atoms with E-state index in [1.165, 1.54) is 0 Å². The normalized spacial score (nSPS) is 12.2. The smallest absolute Gasteiger partial charge is 0.253 e. The van der Waals surface area contributed by atoms with E-state index in [0.29, 0.717) is 5.69 Å². The molecule has 4 rings (SSSR count). The van der Waals surface area contributed by atoms with Crippen molar-refractivity contribution in [3.8, 4) is 0 Å². The molecular weight excluding hydrogens is 302 g/mol. The average Bonchev–Trinajstić information content (AvgIpc) is 3.27. The first-order valence-electron chi connectivity index (χ1n) is 7.59. The molecule has 1 atom stereocenters. The zero-order valence-electron chi connectivity index (χ0n) is 12.8. The third-order valence-electron chi connectivity index (χ3n) is 3.86. The van der Waals surface area contributed by atoms with E-state index < -0.39 is 6.04 Å². The van der Waals surface area contributed by atoms with Crippen LogP contribution in [0.15, 0.2) is 73.2 Å². The van der Waals surface area contributed by atoms with Crippen LogP contribution in [-0.4, -0.2) is 25.9 Å². The lowest BCUT2D eigenvalue weighted by atomic mass is 10.1. The number of hydrogen-bond acceptors (Lipinski definition) is 3. The van der Waals surface area contributed by atoms with E-state index in [0.717, 1.165) is 16.5 Å². The number of hydrogen-bond donors (Lipinski definition) is 2. The second-order valence-corrected chi connectivity index (χ2v) is 5.46. The van der Waals surface area contributed by atoms with Crippen LogP contribution in [0, 0.1) is 0 Å². The van der Waals surface area contributed by atoms with E-state index in [2.05, 4.69) is 20.6 Å². The van der Waals surface area contributed by atoms with Crippen LogP contribution in [0.3, 0.4) is 0 Å². The van der Waals surface area contributed by atoms with E-state index in [1.54, 1.807) is 29.3 Å². The van der Waals surface area contributed by atoms with E-state index in [9.17, 15) is 4.79 Å². The zero-order chi connectivity index (χ0) is 16.4. The molecule has 0 spiro atoms. The number of nitrogens with one attached hydrogen (secondary N) is 2. The summed E-state index contributed by atoms with van der Waals surface area (Å²) in [5.74, 6) is -0.149. The second kappa shape index (κ2) is 6.00. The van der Waals surface area contributed by atoms with Gasteiger partial charge in [0.05, 0.1) is 11.7 Å². The summed E-state index contributed by atoms with van der Waals surface area (Å²) < 4.78 is 1.65. The SMILES string of the molecule is O=C(Nc1ccc2cn[nH]c2c1)[C@@H](c1ccccc1)n1cccn1. The monoisotopic (exact) mass is 317 g/mol. The summed E-state index contributed by atoms with van der Waals surface area (Å²) in [4.78, 5) is 12.9. The number of aromatic amines is 1. The Kier molecular flexibility index (Phi) is 3.55. The Morgan fingerprint density at radius 2 is 2.00 bits per heavy atom. The molecule has 0 radical (unpaired) electrons. The molecule has 0 fully saturated rings. The van der Waals surface area contributed by atoms with Crippen molar-refractivity contribution in [1.82, 2.24) is 20.0 Å². The van der Waals surface area contributed by atoms with Gasteiger partial charge in [-0.25, -0.2) is 0 Å². The number of carbonyl (C=O) groups excluding carboxylic acids is 1. The minimum atomic E-state index is -0.529. The molecule has 0 saturated heterocycles. The molecule has 2 aromatic heterocycles. The van der Waals surface area contributed by atoms with Crippen molar-refractivity contribution in [1.29, 1.82) is 0 Å². The third-order valence-corrected chi connectivity index (χ3v) is 3.86. The van der Waals surface area contributed by atoms with Crippen LogP contribution in [0.25, 0.3) is 10.9 Å². The molecule has 2 N–H and O–H groups in total. The topological polar surface area (TPSA) is 75.6 Å². The second-order valence-electron chi connectivity index (χ2n) is 5.46. The van der Waals surface area contributed by atoms with E-state index in [1.807, 2.05) is 48.5 Å². The molecule has 0 aliphatic heterocycles. The van der Waals surface area contributed by atoms with Gasteiger partial charge >= 0.3 is 0 Å². The highest BCUT2D eigenvalue weighted by atomic mass is 16.2. The summed E-state index contributed by atoms with van der Waals surface area (Å²) in [6.07, 6.45) is 5.20. The van der Waals surface area contributed by atoms with Crippen LogP contribution in [0.2, 0.25) is 0 Å². The Hall–Kier alpha value is -3.41. The summed E-state index contributed by atoms with van der Waals surface area (Å²) >= 11 is 0. The van der Waals surface area contributed by atoms with Gasteiger partial charge in [-0.15, -0.1) is 0 Å². The fraction of sp³-hybridized carbons (Fsp3) is 0.0556. The molecule has 6 heteroatoms. The fourth-order valence-corrected chi connectivity index (χ4v) is 2.72. The lowest BCUT2D eigenvalue weighted by Gasteiger charge is -2.18. The third kappa shape index (κ3) is 2.65. The highest BCUT2D eigenvalue weighted by molar-refractivity contribution is 5.97. The Bertz CT molecular complexity index is 959. The lowest BCUT2D eigenvalue weighted by Crippen LogP contribution is -2.27. The summed E-state index contributed by atoms with van der Waals surface area (Å²) in [6, 6.07) is 16.5. The summed E-state index contributed by atoms with van der Waals surface area (Å²) in [5, 5.41) is 15.1. The van der Waals surface area contributed by atoms with Crippen molar-refractivity contribution >= 4 is 22.5 Å². The Morgan fingerprint density at radius 3 is 2.79 bits per heavy atom. The number of H-pyrrole nitrogens is 1. The quantitative estimate of drug-likeness (QED) is 0.607. The van der Waals surface area contributed by atoms with Gasteiger partial charge in [0, 0.05) is 23.5 Å². The van der Waals surface area contributed by atoms with Gasteiger partial charge in [0.2, 0.25) is 0 Å². The number of aromatic nitrogens is 4. The van der Waals surface area contributed by atoms with Gasteiger partial charge in [0.1, 0.15) is 0 Å². The largest absolute Gasteiger partial charge is 0.324 e. The summed E-state index contributed by atoms with van der Waals surface area (Å²) in [5.41, 5.74) is 2.47. The van der Waals surface area contributed by atoms with Crippen LogP contribution in [0.1, 0.15) is 11.6 Å². The Labute approximate surface area is 138 Å². The lowest BCUT2D eigenvalue weighted by molar-refractivity contribution is -0.118. The molecule has 0 aliphatic rings. The van der Waals surface area contributed by atoms with Gasteiger partial charge in [0.25, 0.3) is 5.91 Å². The molecule has 24 heavy (non-hydrogen) atoms. The van der Waals surface area contributed by atoms with Crippen LogP contribution in [-0.2, 0) is 4.79 Å². The van der Waals surface area contributed by atoms with Crippen molar-refractivity contribution in [2.24, 2.45) is 0 Å². The van der Waals surface area contributed by atoms with Crippen LogP contribution < -0.4 is 5.32 Å². The highest BCUT2D eigenvalue weighted by Gasteiger charge is 2.23. The van der Waals surface area contributed by atoms with Crippen LogP contribution in [0.5, 0.6) is 0 Å². The van der Waals surface area contributed by atoms with Gasteiger partial charge in [-0.1, -0.05) is 30.3 Å². The van der Waals surface area contributed by atoms with Gasteiger partial charge in [0.15, 0.2) is 6.04 Å². The first kappa shape index (κ1) is 14.2. The molecule has 118 valence electrons. The van der Waals surface area contributed by atoms with Gasteiger partial charge < -0.3 is 5.32 Å². The predicted octanol–water partition coefficient (Wildman–Crippen LogP) is 2.99. The number of anilines is 1. The Balaban J connectivity index is 1.66. The Morgan fingerprint density at radius 1 is 1.12 bits per heavy atom. The molecule has 0 bridgehead atoms. The average molecular weight is 317 g/mol. The fourth-order valence-electron chi connectivity index (χ4n) is 2.72. The van der Waals surface area contributed by atoms with Gasteiger partial charge in [-0.2, -0.15) is 10.2 Å². The first-order chi connectivity index (χ1) is 11.8. The van der Waals surface area contributed by atoms with Crippen molar-refractivity contribution in [2.75, 3.05) is 5.32 Å². The minimum Gasteiger partial charge on any atom is -0.324 e. The van der Waals surface area contributed by atoms with E-state index >= 15 is 0 Å². The molecule has 2 aromatic carbocycles.